The fraction of sp³-hybridized carbons (Fsp3) is 0.350. The normalized spacial score (nSPS) is 14.2. The van der Waals surface area contributed by atoms with Crippen molar-refractivity contribution in [3.05, 3.63) is 53.6 Å². The van der Waals surface area contributed by atoms with Crippen molar-refractivity contribution in [1.82, 2.24) is 0 Å². The standard InChI is InChI=1S/C20H23ClN2O2/c21-16-4-10-19(11-5-16)25-15-12-20(24)22-17-6-8-18(9-7-17)23-13-2-1-3-14-23/h4-11H,1-3,12-15H2,(H,22,24). The van der Waals surface area contributed by atoms with Crippen LogP contribution < -0.4 is 15.0 Å². The summed E-state index contributed by atoms with van der Waals surface area (Å²) in [5, 5.41) is 3.57. The Balaban J connectivity index is 1.43. The Labute approximate surface area is 153 Å². The minimum Gasteiger partial charge on any atom is -0.493 e. The van der Waals surface area contributed by atoms with Crippen molar-refractivity contribution in [3.63, 3.8) is 0 Å². The Morgan fingerprint density at radius 3 is 2.36 bits per heavy atom. The van der Waals surface area contributed by atoms with Crippen molar-refractivity contribution in [2.75, 3.05) is 29.9 Å². The molecule has 25 heavy (non-hydrogen) atoms. The van der Waals surface area contributed by atoms with Gasteiger partial charge in [-0.2, -0.15) is 0 Å². The quantitative estimate of drug-likeness (QED) is 0.811. The van der Waals surface area contributed by atoms with E-state index < -0.39 is 0 Å². The molecule has 5 heteroatoms. The predicted octanol–water partition coefficient (Wildman–Crippen LogP) is 4.74. The van der Waals surface area contributed by atoms with E-state index in [0.29, 0.717) is 23.8 Å². The van der Waals surface area contributed by atoms with Crippen LogP contribution in [0, 0.1) is 0 Å². The summed E-state index contributed by atoms with van der Waals surface area (Å²) in [6.45, 7) is 2.57. The fourth-order valence-corrected chi connectivity index (χ4v) is 3.05. The predicted molar refractivity (Wildman–Crippen MR) is 103 cm³/mol. The largest absolute Gasteiger partial charge is 0.493 e. The van der Waals surface area contributed by atoms with E-state index in [1.54, 1.807) is 24.3 Å². The lowest BCUT2D eigenvalue weighted by molar-refractivity contribution is -0.116. The lowest BCUT2D eigenvalue weighted by Crippen LogP contribution is -2.29. The molecule has 3 rings (SSSR count). The molecule has 2 aromatic carbocycles. The zero-order valence-electron chi connectivity index (χ0n) is 14.2. The topological polar surface area (TPSA) is 41.6 Å². The number of carbonyl (C=O) groups excluding carboxylic acids is 1. The molecule has 0 radical (unpaired) electrons. The molecule has 0 bridgehead atoms. The highest BCUT2D eigenvalue weighted by molar-refractivity contribution is 6.30. The average molecular weight is 359 g/mol. The summed E-state index contributed by atoms with van der Waals surface area (Å²) < 4.78 is 5.54. The van der Waals surface area contributed by atoms with Gasteiger partial charge in [0, 0.05) is 29.5 Å². The minimum absolute atomic E-state index is 0.0558. The van der Waals surface area contributed by atoms with Crippen LogP contribution in [0.5, 0.6) is 5.75 Å². The molecule has 4 nitrogen and oxygen atoms in total. The Kier molecular flexibility index (Phi) is 6.18. The van der Waals surface area contributed by atoms with Crippen molar-refractivity contribution >= 4 is 28.9 Å². The van der Waals surface area contributed by atoms with Gasteiger partial charge in [0.25, 0.3) is 0 Å². The number of amides is 1. The number of nitrogens with one attached hydrogen (secondary N) is 1. The monoisotopic (exact) mass is 358 g/mol. The summed E-state index contributed by atoms with van der Waals surface area (Å²) in [5.41, 5.74) is 2.04. The molecule has 1 aliphatic rings. The molecule has 1 aliphatic heterocycles. The van der Waals surface area contributed by atoms with Crippen LogP contribution in [0.4, 0.5) is 11.4 Å². The molecule has 0 saturated carbocycles. The zero-order valence-corrected chi connectivity index (χ0v) is 15.0. The van der Waals surface area contributed by atoms with Crippen LogP contribution in [0.3, 0.4) is 0 Å². The van der Waals surface area contributed by atoms with Crippen LogP contribution in [-0.2, 0) is 4.79 Å². The number of nitrogens with zero attached hydrogens (tertiary/aromatic N) is 1. The second kappa shape index (κ2) is 8.77. The summed E-state index contributed by atoms with van der Waals surface area (Å²) in [7, 11) is 0. The van der Waals surface area contributed by atoms with Gasteiger partial charge in [0.2, 0.25) is 5.91 Å². The van der Waals surface area contributed by atoms with Gasteiger partial charge in [0.05, 0.1) is 13.0 Å². The molecule has 0 unspecified atom stereocenters. The third-order valence-electron chi connectivity index (χ3n) is 4.28. The van der Waals surface area contributed by atoms with Crippen molar-refractivity contribution in [3.8, 4) is 5.75 Å². The molecule has 1 heterocycles. The lowest BCUT2D eigenvalue weighted by atomic mass is 10.1. The summed E-state index contributed by atoms with van der Waals surface area (Å²) in [5.74, 6) is 0.655. The molecule has 0 atom stereocenters. The molecule has 2 aromatic rings. The van der Waals surface area contributed by atoms with E-state index in [1.807, 2.05) is 12.1 Å². The van der Waals surface area contributed by atoms with Gasteiger partial charge in [-0.25, -0.2) is 0 Å². The second-order valence-electron chi connectivity index (χ2n) is 6.20. The minimum atomic E-state index is -0.0558. The molecule has 1 saturated heterocycles. The van der Waals surface area contributed by atoms with Crippen LogP contribution in [0.25, 0.3) is 0 Å². The van der Waals surface area contributed by atoms with Crippen molar-refractivity contribution < 1.29 is 9.53 Å². The van der Waals surface area contributed by atoms with Gasteiger partial charge in [-0.15, -0.1) is 0 Å². The summed E-state index contributed by atoms with van der Waals surface area (Å²) in [6, 6.07) is 15.2. The lowest BCUT2D eigenvalue weighted by Gasteiger charge is -2.28. The molecule has 1 N–H and O–H groups in total. The van der Waals surface area contributed by atoms with Crippen LogP contribution in [0.2, 0.25) is 5.02 Å². The number of halogens is 1. The first-order chi connectivity index (χ1) is 12.2. The highest BCUT2D eigenvalue weighted by Gasteiger charge is 2.11. The highest BCUT2D eigenvalue weighted by atomic mass is 35.5. The number of ether oxygens (including phenoxy) is 1. The number of piperidine rings is 1. The Morgan fingerprint density at radius 1 is 1.00 bits per heavy atom. The van der Waals surface area contributed by atoms with E-state index in [-0.39, 0.29) is 5.91 Å². The summed E-state index contributed by atoms with van der Waals surface area (Å²) in [4.78, 5) is 14.4. The van der Waals surface area contributed by atoms with Gasteiger partial charge >= 0.3 is 0 Å². The van der Waals surface area contributed by atoms with E-state index in [2.05, 4.69) is 22.3 Å². The number of carbonyl (C=O) groups is 1. The first-order valence-corrected chi connectivity index (χ1v) is 9.12. The third-order valence-corrected chi connectivity index (χ3v) is 4.54. The van der Waals surface area contributed by atoms with E-state index in [4.69, 9.17) is 16.3 Å². The molecule has 1 amide bonds. The van der Waals surface area contributed by atoms with Crippen molar-refractivity contribution in [2.24, 2.45) is 0 Å². The van der Waals surface area contributed by atoms with E-state index in [9.17, 15) is 4.79 Å². The first kappa shape index (κ1) is 17.6. The van der Waals surface area contributed by atoms with E-state index >= 15 is 0 Å². The second-order valence-corrected chi connectivity index (χ2v) is 6.63. The Hall–Kier alpha value is -2.20. The number of hydrogen-bond acceptors (Lipinski definition) is 3. The molecular weight excluding hydrogens is 336 g/mol. The smallest absolute Gasteiger partial charge is 0.227 e. The van der Waals surface area contributed by atoms with Crippen molar-refractivity contribution in [2.45, 2.75) is 25.7 Å². The van der Waals surface area contributed by atoms with Crippen LogP contribution in [0.1, 0.15) is 25.7 Å². The number of benzene rings is 2. The van der Waals surface area contributed by atoms with E-state index in [0.717, 1.165) is 18.8 Å². The van der Waals surface area contributed by atoms with Crippen LogP contribution >= 0.6 is 11.6 Å². The summed E-state index contributed by atoms with van der Waals surface area (Å²) >= 11 is 5.82. The van der Waals surface area contributed by atoms with Gasteiger partial charge in [-0.3, -0.25) is 4.79 Å². The molecular formula is C20H23ClN2O2. The first-order valence-electron chi connectivity index (χ1n) is 8.74. The van der Waals surface area contributed by atoms with Crippen LogP contribution in [-0.4, -0.2) is 25.6 Å². The van der Waals surface area contributed by atoms with Crippen molar-refractivity contribution in [1.29, 1.82) is 0 Å². The van der Waals surface area contributed by atoms with Gasteiger partial charge in [0.1, 0.15) is 5.75 Å². The molecule has 0 aliphatic carbocycles. The van der Waals surface area contributed by atoms with E-state index in [1.165, 1.54) is 24.9 Å². The molecule has 132 valence electrons. The maximum atomic E-state index is 12.0. The molecule has 0 aromatic heterocycles. The van der Waals surface area contributed by atoms with Gasteiger partial charge in [-0.1, -0.05) is 11.6 Å². The zero-order chi connectivity index (χ0) is 17.5. The van der Waals surface area contributed by atoms with Gasteiger partial charge < -0.3 is 15.0 Å². The fourth-order valence-electron chi connectivity index (χ4n) is 2.92. The van der Waals surface area contributed by atoms with Gasteiger partial charge in [-0.05, 0) is 67.8 Å². The maximum Gasteiger partial charge on any atom is 0.227 e. The third kappa shape index (κ3) is 5.40. The Bertz CT molecular complexity index is 680. The Morgan fingerprint density at radius 2 is 1.68 bits per heavy atom. The number of hydrogen-bond donors (Lipinski definition) is 1. The molecule has 0 spiro atoms. The average Bonchev–Trinajstić information content (AvgIpc) is 2.65. The number of anilines is 2. The maximum absolute atomic E-state index is 12.0. The van der Waals surface area contributed by atoms with Crippen LogP contribution in [0.15, 0.2) is 48.5 Å². The number of rotatable bonds is 6. The summed E-state index contributed by atoms with van der Waals surface area (Å²) in [6.07, 6.45) is 4.14. The van der Waals surface area contributed by atoms with Gasteiger partial charge in [0.15, 0.2) is 0 Å². The molecule has 1 fully saturated rings. The highest BCUT2D eigenvalue weighted by Crippen LogP contribution is 2.22. The SMILES string of the molecule is O=C(CCOc1ccc(Cl)cc1)Nc1ccc(N2CCCCC2)cc1.